The second-order valence-corrected chi connectivity index (χ2v) is 21.5. The maximum absolute atomic E-state index is 12.0. The summed E-state index contributed by atoms with van der Waals surface area (Å²) in [6.45, 7) is 10.6. The van der Waals surface area contributed by atoms with Crippen LogP contribution in [0.4, 0.5) is 0 Å². The zero-order valence-corrected chi connectivity index (χ0v) is 36.8. The molecule has 9 N–H and O–H groups in total. The number of hydrogen-bond acceptors (Lipinski definition) is 17. The first kappa shape index (κ1) is 46.4. The Morgan fingerprint density at radius 1 is 0.581 bits per heavy atom. The summed E-state index contributed by atoms with van der Waals surface area (Å²) in [4.78, 5) is 0. The maximum atomic E-state index is 12.0. The Morgan fingerprint density at radius 2 is 1.24 bits per heavy atom. The zero-order valence-electron chi connectivity index (χ0n) is 36.8. The molecular formula is C45H74O17. The number of fused-ring (bicyclic) bond motifs is 7. The third-order valence-corrected chi connectivity index (χ3v) is 18.2. The summed E-state index contributed by atoms with van der Waals surface area (Å²) in [6.07, 6.45) is -12.6. The van der Waals surface area contributed by atoms with Gasteiger partial charge in [-0.15, -0.1) is 0 Å². The molecule has 0 aromatic carbocycles. The van der Waals surface area contributed by atoms with E-state index < -0.39 is 111 Å². The molecule has 0 aromatic heterocycles. The third-order valence-electron chi connectivity index (χ3n) is 18.2. The first-order valence-corrected chi connectivity index (χ1v) is 23.7. The lowest BCUT2D eigenvalue weighted by Crippen LogP contribution is -2.67. The minimum atomic E-state index is -1.81. The molecule has 9 rings (SSSR count). The van der Waals surface area contributed by atoms with E-state index in [0.717, 1.165) is 51.6 Å². The average molecular weight is 887 g/mol. The van der Waals surface area contributed by atoms with Gasteiger partial charge in [0.2, 0.25) is 0 Å². The first-order chi connectivity index (χ1) is 29.4. The molecule has 1 spiro atoms. The van der Waals surface area contributed by atoms with Crippen molar-refractivity contribution in [3.05, 3.63) is 0 Å². The molecule has 17 heteroatoms. The fraction of sp³-hybridized carbons (Fsp3) is 1.00. The van der Waals surface area contributed by atoms with Crippen LogP contribution in [0.15, 0.2) is 0 Å². The highest BCUT2D eigenvalue weighted by Gasteiger charge is 2.69. The Labute approximate surface area is 364 Å². The van der Waals surface area contributed by atoms with E-state index in [1.54, 1.807) is 0 Å². The standard InChI is InChI=1S/C45H74O17/c1-19-8-13-45(55-18-19)20(2)30-27(62-45)15-26-24-7-6-22-14-23(9-11-43(22,4)25(24)10-12-44(26,30)5)57-42-39(61-40-35(52)33(50)31(48)21(3)56-40)37(54)38(29(17-47)59-42)60-41-36(53)34(51)32(49)28(16-46)58-41/h19-42,46-54H,6-18H2,1-5H3/t19-,20+,21+,22-,23+,24-,25+,26+,27+,28-,29-,30+,31+,32-,33-,34+,35-,36-,37+,38-,39-,40+,41+,42-,43+,44+,45-/m1/s1. The smallest absolute Gasteiger partial charge is 0.187 e. The number of aliphatic hydroxyl groups excluding tert-OH is 9. The molecule has 0 aromatic rings. The van der Waals surface area contributed by atoms with E-state index >= 15 is 0 Å². The fourth-order valence-corrected chi connectivity index (χ4v) is 14.6. The van der Waals surface area contributed by atoms with Crippen LogP contribution in [0.3, 0.4) is 0 Å². The van der Waals surface area contributed by atoms with Crippen LogP contribution in [0.25, 0.3) is 0 Å². The van der Waals surface area contributed by atoms with Gasteiger partial charge in [-0.05, 0) is 111 Å². The SMILES string of the molecule is C[C@@H]1CC[C@@]2(OC1)O[C@H]1C[C@H]3[C@@H]4CC[C@@H]5C[C@@H](O[C@@H]6O[C@H](CO)[C@@H](O[C@@H]7O[C@H](CO)[C@@H](O)[C@H](O)[C@H]7O)[C@H](O)[C@H]6O[C@@H]6O[C@@H](C)[C@H](O)[C@@H](O)[C@H]6O)CC[C@]5(C)[C@H]4CC[C@]3(C)[C@H]1[C@@H]2C. The minimum Gasteiger partial charge on any atom is -0.394 e. The Morgan fingerprint density at radius 3 is 1.94 bits per heavy atom. The lowest BCUT2D eigenvalue weighted by Gasteiger charge is -2.61. The molecule has 5 aliphatic heterocycles. The molecule has 4 saturated carbocycles. The van der Waals surface area contributed by atoms with Crippen molar-refractivity contribution in [2.75, 3.05) is 19.8 Å². The molecule has 0 unspecified atom stereocenters. The predicted octanol–water partition coefficient (Wildman–Crippen LogP) is 0.294. The highest BCUT2D eigenvalue weighted by Crippen LogP contribution is 2.71. The van der Waals surface area contributed by atoms with Crippen LogP contribution in [-0.4, -0.2) is 176 Å². The van der Waals surface area contributed by atoms with E-state index in [1.165, 1.54) is 19.8 Å². The molecule has 17 nitrogen and oxygen atoms in total. The van der Waals surface area contributed by atoms with Gasteiger partial charge in [-0.2, -0.15) is 0 Å². The van der Waals surface area contributed by atoms with Gasteiger partial charge in [0.25, 0.3) is 0 Å². The van der Waals surface area contributed by atoms with Crippen molar-refractivity contribution in [1.82, 2.24) is 0 Å². The first-order valence-electron chi connectivity index (χ1n) is 23.7. The van der Waals surface area contributed by atoms with E-state index in [0.29, 0.717) is 47.8 Å². The molecule has 0 bridgehead atoms. The predicted molar refractivity (Wildman–Crippen MR) is 214 cm³/mol. The highest BCUT2D eigenvalue weighted by molar-refractivity contribution is 5.15. The van der Waals surface area contributed by atoms with Gasteiger partial charge in [0.15, 0.2) is 24.7 Å². The van der Waals surface area contributed by atoms with Crippen molar-refractivity contribution in [1.29, 1.82) is 0 Å². The lowest BCUT2D eigenvalue weighted by atomic mass is 9.44. The quantitative estimate of drug-likeness (QED) is 0.149. The number of rotatable bonds is 8. The summed E-state index contributed by atoms with van der Waals surface area (Å²) in [6, 6.07) is 0. The van der Waals surface area contributed by atoms with Gasteiger partial charge in [0.05, 0.1) is 38.1 Å². The van der Waals surface area contributed by atoms with Crippen molar-refractivity contribution >= 4 is 0 Å². The monoisotopic (exact) mass is 886 g/mol. The van der Waals surface area contributed by atoms with Gasteiger partial charge in [-0.25, -0.2) is 0 Å². The molecule has 9 fully saturated rings. The molecular weight excluding hydrogens is 812 g/mol. The summed E-state index contributed by atoms with van der Waals surface area (Å²) in [5.74, 6) is 3.18. The lowest BCUT2D eigenvalue weighted by molar-refractivity contribution is -0.390. The van der Waals surface area contributed by atoms with Crippen molar-refractivity contribution in [3.63, 3.8) is 0 Å². The summed E-state index contributed by atoms with van der Waals surface area (Å²) in [5, 5.41) is 95.8. The number of ether oxygens (including phenoxy) is 8. The molecule has 62 heavy (non-hydrogen) atoms. The Bertz CT molecular complexity index is 1550. The number of hydrogen-bond donors (Lipinski definition) is 9. The van der Waals surface area contributed by atoms with Crippen molar-refractivity contribution in [3.8, 4) is 0 Å². The van der Waals surface area contributed by atoms with E-state index in [9.17, 15) is 46.0 Å². The molecule has 356 valence electrons. The molecule has 0 amide bonds. The summed E-state index contributed by atoms with van der Waals surface area (Å²) in [5.41, 5.74) is 0.320. The molecule has 4 aliphatic carbocycles. The van der Waals surface area contributed by atoms with E-state index in [1.807, 2.05) is 0 Å². The van der Waals surface area contributed by atoms with E-state index in [-0.39, 0.29) is 23.0 Å². The largest absolute Gasteiger partial charge is 0.394 e. The van der Waals surface area contributed by atoms with Crippen LogP contribution in [0, 0.1) is 52.3 Å². The van der Waals surface area contributed by atoms with E-state index in [4.69, 9.17) is 37.9 Å². The van der Waals surface area contributed by atoms with E-state index in [2.05, 4.69) is 27.7 Å². The van der Waals surface area contributed by atoms with Crippen LogP contribution in [0.1, 0.15) is 98.8 Å². The van der Waals surface area contributed by atoms with Crippen LogP contribution >= 0.6 is 0 Å². The van der Waals surface area contributed by atoms with Crippen LogP contribution in [0.2, 0.25) is 0 Å². The molecule has 27 atom stereocenters. The van der Waals surface area contributed by atoms with Crippen molar-refractivity contribution in [2.24, 2.45) is 52.3 Å². The second-order valence-electron chi connectivity index (χ2n) is 21.5. The summed E-state index contributed by atoms with van der Waals surface area (Å²) < 4.78 is 50.0. The van der Waals surface area contributed by atoms with Crippen molar-refractivity contribution < 1.29 is 83.9 Å². The Hall–Kier alpha value is -0.680. The third kappa shape index (κ3) is 7.56. The molecule has 5 saturated heterocycles. The van der Waals surface area contributed by atoms with Crippen LogP contribution in [0.5, 0.6) is 0 Å². The fourth-order valence-electron chi connectivity index (χ4n) is 14.6. The van der Waals surface area contributed by atoms with Gasteiger partial charge >= 0.3 is 0 Å². The van der Waals surface area contributed by atoms with Crippen LogP contribution < -0.4 is 0 Å². The summed E-state index contributed by atoms with van der Waals surface area (Å²) >= 11 is 0. The molecule has 9 aliphatic rings. The van der Waals surface area contributed by atoms with Gasteiger partial charge < -0.3 is 83.9 Å². The summed E-state index contributed by atoms with van der Waals surface area (Å²) in [7, 11) is 0. The highest BCUT2D eigenvalue weighted by atomic mass is 16.8. The zero-order chi connectivity index (χ0) is 44.2. The van der Waals surface area contributed by atoms with Crippen LogP contribution in [-0.2, 0) is 37.9 Å². The van der Waals surface area contributed by atoms with Gasteiger partial charge in [0, 0.05) is 12.3 Å². The molecule has 0 radical (unpaired) electrons. The second kappa shape index (κ2) is 17.4. The average Bonchev–Trinajstić information content (AvgIpc) is 3.70. The Kier molecular flexibility index (Phi) is 13.1. The molecule has 5 heterocycles. The van der Waals surface area contributed by atoms with Gasteiger partial charge in [0.1, 0.15) is 67.1 Å². The Balaban J connectivity index is 0.899. The number of aliphatic hydroxyl groups is 9. The minimum absolute atomic E-state index is 0.103. The normalized spacial score (nSPS) is 58.9. The van der Waals surface area contributed by atoms with Gasteiger partial charge in [-0.1, -0.05) is 27.7 Å². The van der Waals surface area contributed by atoms with Gasteiger partial charge in [-0.3, -0.25) is 0 Å². The maximum Gasteiger partial charge on any atom is 0.187 e. The topological polar surface area (TPSA) is 256 Å². The van der Waals surface area contributed by atoms with Crippen molar-refractivity contribution in [2.45, 2.75) is 209 Å².